The Hall–Kier alpha value is -1.55. The van der Waals surface area contributed by atoms with Gasteiger partial charge in [0.2, 0.25) is 0 Å². The van der Waals surface area contributed by atoms with Gasteiger partial charge in [-0.05, 0) is 63.0 Å². The second-order valence-corrected chi connectivity index (χ2v) is 6.26. The summed E-state index contributed by atoms with van der Waals surface area (Å²) >= 11 is 0. The van der Waals surface area contributed by atoms with Gasteiger partial charge >= 0.3 is 0 Å². The molecule has 0 spiro atoms. The number of carbonyl (C=O) groups is 1. The van der Waals surface area contributed by atoms with E-state index in [2.05, 4.69) is 36.3 Å². The minimum absolute atomic E-state index is 0.174. The van der Waals surface area contributed by atoms with Gasteiger partial charge in [0.05, 0.1) is 0 Å². The van der Waals surface area contributed by atoms with Gasteiger partial charge in [0.25, 0.3) is 5.91 Å². The first kappa shape index (κ1) is 16.8. The molecule has 0 bridgehead atoms. The molecule has 22 heavy (non-hydrogen) atoms. The zero-order valence-corrected chi connectivity index (χ0v) is 14.1. The third-order valence-corrected chi connectivity index (χ3v) is 4.51. The summed E-state index contributed by atoms with van der Waals surface area (Å²) in [5.74, 6) is 0.881. The Bertz CT molecular complexity index is 464. The molecule has 1 aromatic rings. The summed E-state index contributed by atoms with van der Waals surface area (Å²) < 4.78 is 0. The van der Waals surface area contributed by atoms with E-state index < -0.39 is 0 Å². The molecule has 0 radical (unpaired) electrons. The van der Waals surface area contributed by atoms with Crippen LogP contribution in [-0.4, -0.2) is 51.1 Å². The highest BCUT2D eigenvalue weighted by atomic mass is 16.2. The van der Waals surface area contributed by atoms with Gasteiger partial charge in [0, 0.05) is 37.9 Å². The number of amides is 1. The molecule has 1 aromatic carbocycles. The first-order valence-electron chi connectivity index (χ1n) is 8.40. The average Bonchev–Trinajstić information content (AvgIpc) is 2.55. The van der Waals surface area contributed by atoms with E-state index in [1.54, 1.807) is 0 Å². The van der Waals surface area contributed by atoms with E-state index in [0.29, 0.717) is 5.92 Å². The summed E-state index contributed by atoms with van der Waals surface area (Å²) in [6.45, 7) is 6.02. The maximum Gasteiger partial charge on any atom is 0.253 e. The van der Waals surface area contributed by atoms with Crippen LogP contribution in [0.3, 0.4) is 0 Å². The van der Waals surface area contributed by atoms with Crippen LogP contribution in [0.2, 0.25) is 0 Å². The van der Waals surface area contributed by atoms with Gasteiger partial charge in [-0.2, -0.15) is 0 Å². The molecule has 4 nitrogen and oxygen atoms in total. The van der Waals surface area contributed by atoms with Crippen molar-refractivity contribution in [1.82, 2.24) is 10.2 Å². The van der Waals surface area contributed by atoms with Crippen molar-refractivity contribution in [1.29, 1.82) is 0 Å². The SMILES string of the molecule is CCCN(C)c1ccc(C(=O)N2CCC(CNC)CC2)cc1. The fourth-order valence-corrected chi connectivity index (χ4v) is 3.13. The molecule has 0 atom stereocenters. The molecule has 1 saturated heterocycles. The molecule has 1 heterocycles. The van der Waals surface area contributed by atoms with Crippen molar-refractivity contribution in [3.63, 3.8) is 0 Å². The Morgan fingerprint density at radius 3 is 2.45 bits per heavy atom. The lowest BCUT2D eigenvalue weighted by molar-refractivity contribution is 0.0691. The van der Waals surface area contributed by atoms with Crippen molar-refractivity contribution in [3.8, 4) is 0 Å². The van der Waals surface area contributed by atoms with Crippen LogP contribution in [0.15, 0.2) is 24.3 Å². The number of nitrogens with one attached hydrogen (secondary N) is 1. The van der Waals surface area contributed by atoms with Gasteiger partial charge in [-0.3, -0.25) is 4.79 Å². The summed E-state index contributed by atoms with van der Waals surface area (Å²) in [5.41, 5.74) is 1.98. The van der Waals surface area contributed by atoms with Gasteiger partial charge < -0.3 is 15.1 Å². The quantitative estimate of drug-likeness (QED) is 0.877. The topological polar surface area (TPSA) is 35.6 Å². The summed E-state index contributed by atoms with van der Waals surface area (Å²) in [7, 11) is 4.08. The van der Waals surface area contributed by atoms with Crippen molar-refractivity contribution < 1.29 is 4.79 Å². The van der Waals surface area contributed by atoms with E-state index in [9.17, 15) is 4.79 Å². The van der Waals surface area contributed by atoms with Crippen LogP contribution >= 0.6 is 0 Å². The highest BCUT2D eigenvalue weighted by Gasteiger charge is 2.23. The van der Waals surface area contributed by atoms with Crippen LogP contribution in [-0.2, 0) is 0 Å². The third kappa shape index (κ3) is 4.23. The van der Waals surface area contributed by atoms with Gasteiger partial charge in [-0.25, -0.2) is 0 Å². The molecule has 0 unspecified atom stereocenters. The maximum absolute atomic E-state index is 12.6. The Labute approximate surface area is 134 Å². The first-order valence-corrected chi connectivity index (χ1v) is 8.40. The van der Waals surface area contributed by atoms with Crippen molar-refractivity contribution in [2.45, 2.75) is 26.2 Å². The minimum Gasteiger partial charge on any atom is -0.375 e. The Balaban J connectivity index is 1.93. The molecule has 2 rings (SSSR count). The van der Waals surface area contributed by atoms with Crippen molar-refractivity contribution in [2.75, 3.05) is 45.2 Å². The summed E-state index contributed by atoms with van der Waals surface area (Å²) in [6, 6.07) is 8.03. The molecule has 1 aliphatic heterocycles. The number of nitrogens with zero attached hydrogens (tertiary/aromatic N) is 2. The van der Waals surface area contributed by atoms with Crippen LogP contribution in [0.4, 0.5) is 5.69 Å². The molecule has 0 aromatic heterocycles. The predicted octanol–water partition coefficient (Wildman–Crippen LogP) is 2.60. The average molecular weight is 303 g/mol. The zero-order chi connectivity index (χ0) is 15.9. The number of benzene rings is 1. The molecule has 1 fully saturated rings. The lowest BCUT2D eigenvalue weighted by Gasteiger charge is -2.32. The second kappa shape index (κ2) is 8.18. The van der Waals surface area contributed by atoms with E-state index >= 15 is 0 Å². The van der Waals surface area contributed by atoms with E-state index in [1.165, 1.54) is 5.69 Å². The maximum atomic E-state index is 12.6. The number of carbonyl (C=O) groups excluding carboxylic acids is 1. The van der Waals surface area contributed by atoms with Crippen molar-refractivity contribution >= 4 is 11.6 Å². The van der Waals surface area contributed by atoms with Crippen LogP contribution in [0.5, 0.6) is 0 Å². The molecule has 1 aliphatic rings. The highest BCUT2D eigenvalue weighted by Crippen LogP contribution is 2.20. The first-order chi connectivity index (χ1) is 10.7. The van der Waals surface area contributed by atoms with E-state index in [0.717, 1.165) is 51.0 Å². The fourth-order valence-electron chi connectivity index (χ4n) is 3.13. The van der Waals surface area contributed by atoms with Gasteiger partial charge in [0.1, 0.15) is 0 Å². The number of anilines is 1. The van der Waals surface area contributed by atoms with Gasteiger partial charge in [-0.1, -0.05) is 6.92 Å². The summed E-state index contributed by atoms with van der Waals surface area (Å²) in [6.07, 6.45) is 3.33. The van der Waals surface area contributed by atoms with E-state index in [4.69, 9.17) is 0 Å². The number of piperidine rings is 1. The molecule has 4 heteroatoms. The van der Waals surface area contributed by atoms with Crippen LogP contribution < -0.4 is 10.2 Å². The molecule has 0 aliphatic carbocycles. The van der Waals surface area contributed by atoms with Crippen LogP contribution in [0.25, 0.3) is 0 Å². The van der Waals surface area contributed by atoms with Gasteiger partial charge in [0.15, 0.2) is 0 Å². The van der Waals surface area contributed by atoms with Crippen molar-refractivity contribution in [3.05, 3.63) is 29.8 Å². The Kier molecular flexibility index (Phi) is 6.25. The molecule has 1 N–H and O–H groups in total. The third-order valence-electron chi connectivity index (χ3n) is 4.51. The van der Waals surface area contributed by atoms with Crippen LogP contribution in [0.1, 0.15) is 36.5 Å². The highest BCUT2D eigenvalue weighted by molar-refractivity contribution is 5.94. The minimum atomic E-state index is 0.174. The second-order valence-electron chi connectivity index (χ2n) is 6.26. The zero-order valence-electron chi connectivity index (χ0n) is 14.1. The number of hydrogen-bond acceptors (Lipinski definition) is 3. The summed E-state index contributed by atoms with van der Waals surface area (Å²) in [4.78, 5) is 16.8. The molecule has 1 amide bonds. The molecule has 122 valence electrons. The van der Waals surface area contributed by atoms with E-state index in [-0.39, 0.29) is 5.91 Å². The predicted molar refractivity (Wildman–Crippen MR) is 92.6 cm³/mol. The fraction of sp³-hybridized carbons (Fsp3) is 0.611. The Morgan fingerprint density at radius 1 is 1.27 bits per heavy atom. The number of likely N-dealkylation sites (tertiary alicyclic amines) is 1. The van der Waals surface area contributed by atoms with E-state index in [1.807, 2.05) is 24.1 Å². The normalized spacial score (nSPS) is 15.9. The van der Waals surface area contributed by atoms with Crippen molar-refractivity contribution in [2.24, 2.45) is 5.92 Å². The number of hydrogen-bond donors (Lipinski definition) is 1. The smallest absolute Gasteiger partial charge is 0.253 e. The van der Waals surface area contributed by atoms with Gasteiger partial charge in [-0.15, -0.1) is 0 Å². The Morgan fingerprint density at radius 2 is 1.91 bits per heavy atom. The largest absolute Gasteiger partial charge is 0.375 e. The lowest BCUT2D eigenvalue weighted by Crippen LogP contribution is -2.40. The lowest BCUT2D eigenvalue weighted by atomic mass is 9.96. The number of rotatable bonds is 6. The monoisotopic (exact) mass is 303 g/mol. The molecular formula is C18H29N3O. The van der Waals surface area contributed by atoms with Crippen LogP contribution in [0, 0.1) is 5.92 Å². The molecule has 0 saturated carbocycles. The summed E-state index contributed by atoms with van der Waals surface area (Å²) in [5, 5.41) is 3.23. The standard InChI is InChI=1S/C18H29N3O/c1-4-11-20(3)17-7-5-16(6-8-17)18(22)21-12-9-15(10-13-21)14-19-2/h5-8,15,19H,4,9-14H2,1-3H3. The molecular weight excluding hydrogens is 274 g/mol.